The maximum Gasteiger partial charge on any atom is 0.329 e. The molecule has 1 aliphatic heterocycles. The van der Waals surface area contributed by atoms with Crippen molar-refractivity contribution in [2.24, 2.45) is 0 Å². The highest BCUT2D eigenvalue weighted by Crippen LogP contribution is 2.34. The summed E-state index contributed by atoms with van der Waals surface area (Å²) in [5.41, 5.74) is 1.08. The van der Waals surface area contributed by atoms with E-state index in [1.165, 1.54) is 37.3 Å². The molecule has 3 amide bonds. The Kier molecular flexibility index (Phi) is 7.83. The van der Waals surface area contributed by atoms with Crippen LogP contribution in [0, 0.1) is 5.82 Å². The van der Waals surface area contributed by atoms with Gasteiger partial charge in [-0.3, -0.25) is 19.3 Å². The van der Waals surface area contributed by atoms with Crippen molar-refractivity contribution in [1.82, 2.24) is 4.90 Å². The van der Waals surface area contributed by atoms with Gasteiger partial charge in [-0.2, -0.15) is 0 Å². The molecule has 1 N–H and O–H groups in total. The van der Waals surface area contributed by atoms with Crippen molar-refractivity contribution in [1.29, 1.82) is 0 Å². The van der Waals surface area contributed by atoms with E-state index in [-0.39, 0.29) is 18.1 Å². The summed E-state index contributed by atoms with van der Waals surface area (Å²) in [4.78, 5) is 49.8. The number of imide groups is 1. The fraction of sp³-hybridized carbons (Fsp3) is 0.217. The summed E-state index contributed by atoms with van der Waals surface area (Å²) in [6.45, 7) is 2.98. The molecule has 0 saturated carbocycles. The number of hydrogen-bond donors (Lipinski definition) is 1. The Hall–Kier alpha value is -3.66. The number of nitrogens with zero attached hydrogens (tertiary/aromatic N) is 1. The minimum Gasteiger partial charge on any atom is -0.484 e. The van der Waals surface area contributed by atoms with Crippen molar-refractivity contribution in [3.63, 3.8) is 0 Å². The van der Waals surface area contributed by atoms with Gasteiger partial charge in [-0.15, -0.1) is 0 Å². The Morgan fingerprint density at radius 1 is 1.12 bits per heavy atom. The largest absolute Gasteiger partial charge is 0.484 e. The first-order chi connectivity index (χ1) is 15.8. The van der Waals surface area contributed by atoms with Crippen LogP contribution in [0.2, 0.25) is 0 Å². The summed E-state index contributed by atoms with van der Waals surface area (Å²) in [6, 6.07) is 10.9. The minimum atomic E-state index is -1.01. The van der Waals surface area contributed by atoms with Gasteiger partial charge < -0.3 is 14.8 Å². The number of hydrogen-bond acceptors (Lipinski definition) is 7. The third kappa shape index (κ3) is 6.19. The summed E-state index contributed by atoms with van der Waals surface area (Å²) in [5.74, 6) is -1.60. The predicted octanol–water partition coefficient (Wildman–Crippen LogP) is 3.83. The molecule has 0 aromatic heterocycles. The molecular weight excluding hydrogens is 451 g/mol. The van der Waals surface area contributed by atoms with Crippen molar-refractivity contribution < 1.29 is 33.0 Å². The van der Waals surface area contributed by atoms with Crippen LogP contribution in [0.3, 0.4) is 0 Å². The van der Waals surface area contributed by atoms with Crippen molar-refractivity contribution in [2.75, 3.05) is 18.5 Å². The van der Waals surface area contributed by atoms with Gasteiger partial charge in [0.05, 0.1) is 11.5 Å². The second-order valence-corrected chi connectivity index (χ2v) is 7.89. The summed E-state index contributed by atoms with van der Waals surface area (Å²) in [5, 5.41) is 2.04. The molecule has 0 radical (unpaired) electrons. The molecule has 1 heterocycles. The van der Waals surface area contributed by atoms with Gasteiger partial charge in [0.2, 0.25) is 0 Å². The number of carbonyl (C=O) groups is 4. The van der Waals surface area contributed by atoms with Gasteiger partial charge in [-0.05, 0) is 73.6 Å². The van der Waals surface area contributed by atoms with Crippen LogP contribution in [0.1, 0.15) is 19.4 Å². The molecule has 0 spiro atoms. The molecule has 0 aliphatic carbocycles. The molecule has 3 rings (SSSR count). The highest BCUT2D eigenvalue weighted by Gasteiger charge is 2.41. The molecule has 1 saturated heterocycles. The average Bonchev–Trinajstić information content (AvgIpc) is 3.07. The molecule has 33 heavy (non-hydrogen) atoms. The Bertz CT molecular complexity index is 1090. The third-order valence-electron chi connectivity index (χ3n) is 4.51. The molecule has 8 nitrogen and oxygen atoms in total. The second-order valence-electron chi connectivity index (χ2n) is 6.89. The van der Waals surface area contributed by atoms with Crippen LogP contribution in [0.25, 0.3) is 6.08 Å². The maximum absolute atomic E-state index is 12.9. The van der Waals surface area contributed by atoms with E-state index in [0.29, 0.717) is 17.0 Å². The summed E-state index contributed by atoms with van der Waals surface area (Å²) in [6.07, 6.45) is 1.54. The monoisotopic (exact) mass is 472 g/mol. The van der Waals surface area contributed by atoms with Crippen LogP contribution in [-0.4, -0.2) is 47.2 Å². The fourth-order valence-corrected chi connectivity index (χ4v) is 3.78. The zero-order valence-corrected chi connectivity index (χ0v) is 18.7. The molecule has 1 atom stereocenters. The first-order valence-corrected chi connectivity index (χ1v) is 10.8. The van der Waals surface area contributed by atoms with Crippen LogP contribution < -0.4 is 10.1 Å². The molecule has 0 unspecified atom stereocenters. The van der Waals surface area contributed by atoms with Crippen LogP contribution in [0.15, 0.2) is 53.4 Å². The maximum atomic E-state index is 12.9. The van der Waals surface area contributed by atoms with Crippen LogP contribution in [-0.2, 0) is 19.1 Å². The number of carbonyl (C=O) groups excluding carboxylic acids is 4. The number of amides is 3. The van der Waals surface area contributed by atoms with Crippen LogP contribution in [0.5, 0.6) is 5.75 Å². The zero-order chi connectivity index (χ0) is 24.0. The topological polar surface area (TPSA) is 102 Å². The number of nitrogens with one attached hydrogen (secondary N) is 1. The fourth-order valence-electron chi connectivity index (χ4n) is 2.87. The highest BCUT2D eigenvalue weighted by molar-refractivity contribution is 8.18. The lowest BCUT2D eigenvalue weighted by Gasteiger charge is -2.19. The zero-order valence-electron chi connectivity index (χ0n) is 17.9. The van der Waals surface area contributed by atoms with Crippen molar-refractivity contribution in [3.8, 4) is 5.75 Å². The molecule has 2 aromatic carbocycles. The van der Waals surface area contributed by atoms with Gasteiger partial charge in [0.1, 0.15) is 17.6 Å². The quantitative estimate of drug-likeness (QED) is 0.460. The normalized spacial score (nSPS) is 15.5. The van der Waals surface area contributed by atoms with E-state index in [4.69, 9.17) is 9.47 Å². The first-order valence-electron chi connectivity index (χ1n) is 10.0. The van der Waals surface area contributed by atoms with Gasteiger partial charge in [-0.25, -0.2) is 9.18 Å². The predicted molar refractivity (Wildman–Crippen MR) is 121 cm³/mol. The van der Waals surface area contributed by atoms with E-state index < -0.39 is 34.9 Å². The molecule has 0 bridgehead atoms. The van der Waals surface area contributed by atoms with Crippen molar-refractivity contribution in [3.05, 3.63) is 64.8 Å². The lowest BCUT2D eigenvalue weighted by atomic mass is 10.2. The molecule has 1 fully saturated rings. The highest BCUT2D eigenvalue weighted by atomic mass is 32.2. The standard InChI is InChI=1S/C23H21FN2O6S/c1-3-31-22(29)14(2)26-21(28)19(33-23(26)30)12-15-4-10-18(11-5-15)32-13-20(27)25-17-8-6-16(24)7-9-17/h4-12,14H,3,13H2,1-2H3,(H,25,27)/b19-12-/t14-/m0/s1. The van der Waals surface area contributed by atoms with Gasteiger partial charge in [0.15, 0.2) is 6.61 Å². The smallest absolute Gasteiger partial charge is 0.329 e. The number of anilines is 1. The number of rotatable bonds is 8. The third-order valence-corrected chi connectivity index (χ3v) is 5.40. The van der Waals surface area contributed by atoms with Crippen molar-refractivity contribution in [2.45, 2.75) is 19.9 Å². The van der Waals surface area contributed by atoms with Gasteiger partial charge in [-0.1, -0.05) is 12.1 Å². The molecule has 172 valence electrons. The van der Waals surface area contributed by atoms with Gasteiger partial charge in [0, 0.05) is 5.69 Å². The first kappa shape index (κ1) is 24.0. The van der Waals surface area contributed by atoms with Crippen LogP contribution >= 0.6 is 11.8 Å². The lowest BCUT2D eigenvalue weighted by Crippen LogP contribution is -2.42. The van der Waals surface area contributed by atoms with Crippen molar-refractivity contribution >= 4 is 46.5 Å². The molecular formula is C23H21FN2O6S. The Balaban J connectivity index is 1.58. The van der Waals surface area contributed by atoms with E-state index >= 15 is 0 Å². The number of esters is 1. The Labute approximate surface area is 193 Å². The minimum absolute atomic E-state index is 0.150. The van der Waals surface area contributed by atoms with E-state index in [9.17, 15) is 23.6 Å². The average molecular weight is 472 g/mol. The molecule has 10 heteroatoms. The number of ether oxygens (including phenoxy) is 2. The molecule has 1 aliphatic rings. The lowest BCUT2D eigenvalue weighted by molar-refractivity contribution is -0.150. The van der Waals surface area contributed by atoms with Gasteiger partial charge >= 0.3 is 5.97 Å². The summed E-state index contributed by atoms with van der Waals surface area (Å²) >= 11 is 0.744. The number of halogens is 1. The summed E-state index contributed by atoms with van der Waals surface area (Å²) < 4.78 is 23.2. The SMILES string of the molecule is CCOC(=O)[C@H](C)N1C(=O)S/C(=C\c2ccc(OCC(=O)Nc3ccc(F)cc3)cc2)C1=O. The number of thioether (sulfide) groups is 1. The van der Waals surface area contributed by atoms with E-state index in [1.807, 2.05) is 0 Å². The van der Waals surface area contributed by atoms with Gasteiger partial charge in [0.25, 0.3) is 17.1 Å². The Morgan fingerprint density at radius 3 is 2.42 bits per heavy atom. The number of benzene rings is 2. The summed E-state index contributed by atoms with van der Waals surface area (Å²) in [7, 11) is 0. The van der Waals surface area contributed by atoms with E-state index in [0.717, 1.165) is 16.7 Å². The Morgan fingerprint density at radius 2 is 1.79 bits per heavy atom. The second kappa shape index (κ2) is 10.8. The van der Waals surface area contributed by atoms with Crippen LogP contribution in [0.4, 0.5) is 14.9 Å². The van der Waals surface area contributed by atoms with E-state index in [1.54, 1.807) is 31.2 Å². The van der Waals surface area contributed by atoms with E-state index in [2.05, 4.69) is 5.32 Å². The molecule has 2 aromatic rings.